The van der Waals surface area contributed by atoms with E-state index in [0.717, 1.165) is 12.2 Å². The fourth-order valence-electron chi connectivity index (χ4n) is 2.86. The molecule has 1 aromatic heterocycles. The number of carbonyl (C=O) groups is 2. The molecule has 0 unspecified atom stereocenters. The van der Waals surface area contributed by atoms with E-state index in [1.165, 1.54) is 0 Å². The number of ketones is 2. The lowest BCUT2D eigenvalue weighted by atomic mass is 9.82. The Balaban J connectivity index is 2.20. The van der Waals surface area contributed by atoms with Gasteiger partial charge in [0.1, 0.15) is 0 Å². The largest absolute Gasteiger partial charge is 0.383 e. The second kappa shape index (κ2) is 6.29. The standard InChI is InChI=1S/C17H24N2O2/c1-12(2)10-19-7-5-6-15(19)13-8-16(20)14(11-18(3)4)17(21)9-13/h5-7,11-13H,8-10H2,1-4H3. The molecule has 1 saturated carbocycles. The molecule has 1 fully saturated rings. The molecule has 1 aliphatic rings. The van der Waals surface area contributed by atoms with Crippen LogP contribution in [-0.4, -0.2) is 35.1 Å². The van der Waals surface area contributed by atoms with Crippen molar-refractivity contribution >= 4 is 11.6 Å². The van der Waals surface area contributed by atoms with E-state index >= 15 is 0 Å². The maximum absolute atomic E-state index is 12.3. The van der Waals surface area contributed by atoms with Crippen LogP contribution in [0.25, 0.3) is 0 Å². The maximum atomic E-state index is 12.3. The van der Waals surface area contributed by atoms with E-state index in [9.17, 15) is 9.59 Å². The Kier molecular flexibility index (Phi) is 4.66. The summed E-state index contributed by atoms with van der Waals surface area (Å²) in [6.07, 6.45) is 4.53. The molecule has 0 spiro atoms. The van der Waals surface area contributed by atoms with Crippen LogP contribution in [0.2, 0.25) is 0 Å². The number of hydrogen-bond acceptors (Lipinski definition) is 3. The number of hydrogen-bond donors (Lipinski definition) is 0. The van der Waals surface area contributed by atoms with Crippen LogP contribution >= 0.6 is 0 Å². The minimum absolute atomic E-state index is 0.0121. The van der Waals surface area contributed by atoms with Crippen molar-refractivity contribution < 1.29 is 9.59 Å². The molecule has 1 aromatic rings. The number of allylic oxidation sites excluding steroid dienone is 1. The smallest absolute Gasteiger partial charge is 0.168 e. The lowest BCUT2D eigenvalue weighted by Crippen LogP contribution is -2.27. The Bertz CT molecular complexity index is 547. The van der Waals surface area contributed by atoms with E-state index in [4.69, 9.17) is 0 Å². The molecule has 1 aliphatic carbocycles. The van der Waals surface area contributed by atoms with Gasteiger partial charge in [-0.2, -0.15) is 0 Å². The highest BCUT2D eigenvalue weighted by Gasteiger charge is 2.32. The molecular weight excluding hydrogens is 264 g/mol. The normalized spacial score (nSPS) is 19.3. The minimum atomic E-state index is -0.0396. The Morgan fingerprint density at radius 1 is 1.29 bits per heavy atom. The van der Waals surface area contributed by atoms with Crippen LogP contribution < -0.4 is 0 Å². The zero-order valence-electron chi connectivity index (χ0n) is 13.3. The maximum Gasteiger partial charge on any atom is 0.168 e. The topological polar surface area (TPSA) is 42.3 Å². The minimum Gasteiger partial charge on any atom is -0.383 e. The first-order valence-electron chi connectivity index (χ1n) is 7.48. The van der Waals surface area contributed by atoms with Gasteiger partial charge in [0, 0.05) is 57.5 Å². The predicted octanol–water partition coefficient (Wildman–Crippen LogP) is 2.61. The number of aromatic nitrogens is 1. The average Bonchev–Trinajstić information content (AvgIpc) is 2.80. The molecule has 2 rings (SSSR count). The molecule has 0 atom stereocenters. The summed E-state index contributed by atoms with van der Waals surface area (Å²) in [6.45, 7) is 5.25. The molecule has 114 valence electrons. The summed E-state index contributed by atoms with van der Waals surface area (Å²) in [5.74, 6) is 0.470. The number of nitrogens with zero attached hydrogens (tertiary/aromatic N) is 2. The van der Waals surface area contributed by atoms with Gasteiger partial charge in [-0.25, -0.2) is 0 Å². The van der Waals surface area contributed by atoms with Gasteiger partial charge in [0.15, 0.2) is 11.6 Å². The molecule has 4 nitrogen and oxygen atoms in total. The summed E-state index contributed by atoms with van der Waals surface area (Å²) in [6, 6.07) is 4.03. The van der Waals surface area contributed by atoms with E-state index in [2.05, 4.69) is 18.4 Å². The molecule has 4 heteroatoms. The Morgan fingerprint density at radius 2 is 1.90 bits per heavy atom. The fourth-order valence-corrected chi connectivity index (χ4v) is 2.86. The zero-order valence-corrected chi connectivity index (χ0v) is 13.3. The highest BCUT2D eigenvalue weighted by molar-refractivity contribution is 6.22. The molecule has 0 amide bonds. The summed E-state index contributed by atoms with van der Waals surface area (Å²) < 4.78 is 2.18. The van der Waals surface area contributed by atoms with E-state index in [0.29, 0.717) is 24.3 Å². The van der Waals surface area contributed by atoms with Crippen LogP contribution in [0, 0.1) is 5.92 Å². The summed E-state index contributed by atoms with van der Waals surface area (Å²) >= 11 is 0. The molecule has 0 saturated heterocycles. The SMILES string of the molecule is CC(C)Cn1cccc1C1CC(=O)C(=CN(C)C)C(=O)C1. The molecule has 0 bridgehead atoms. The fraction of sp³-hybridized carbons (Fsp3) is 0.529. The third-order valence-corrected chi connectivity index (χ3v) is 3.70. The summed E-state index contributed by atoms with van der Waals surface area (Å²) in [5.41, 5.74) is 1.45. The second-order valence-electron chi connectivity index (χ2n) is 6.44. The summed E-state index contributed by atoms with van der Waals surface area (Å²) in [5, 5.41) is 0. The van der Waals surface area contributed by atoms with E-state index in [1.807, 2.05) is 32.4 Å². The Hall–Kier alpha value is -1.84. The molecular formula is C17H24N2O2. The second-order valence-corrected chi connectivity index (χ2v) is 6.44. The van der Waals surface area contributed by atoms with Crippen molar-refractivity contribution in [2.75, 3.05) is 14.1 Å². The van der Waals surface area contributed by atoms with Crippen LogP contribution in [0.5, 0.6) is 0 Å². The van der Waals surface area contributed by atoms with Crippen LogP contribution in [0.4, 0.5) is 0 Å². The Morgan fingerprint density at radius 3 is 2.43 bits per heavy atom. The third-order valence-electron chi connectivity index (χ3n) is 3.70. The van der Waals surface area contributed by atoms with Crippen molar-refractivity contribution in [3.8, 4) is 0 Å². The number of Topliss-reactive ketones (excluding diaryl/α,β-unsaturated/α-hetero) is 2. The Labute approximate surface area is 126 Å². The van der Waals surface area contributed by atoms with Gasteiger partial charge in [-0.05, 0) is 18.1 Å². The average molecular weight is 288 g/mol. The van der Waals surface area contributed by atoms with Gasteiger partial charge in [-0.15, -0.1) is 0 Å². The first kappa shape index (κ1) is 15.5. The molecule has 0 aliphatic heterocycles. The van der Waals surface area contributed by atoms with Crippen molar-refractivity contribution in [1.29, 1.82) is 0 Å². The van der Waals surface area contributed by atoms with Crippen molar-refractivity contribution in [2.24, 2.45) is 5.92 Å². The first-order chi connectivity index (χ1) is 9.88. The van der Waals surface area contributed by atoms with Gasteiger partial charge in [0.05, 0.1) is 5.57 Å². The third kappa shape index (κ3) is 3.63. The van der Waals surface area contributed by atoms with Gasteiger partial charge < -0.3 is 9.47 Å². The first-order valence-corrected chi connectivity index (χ1v) is 7.48. The van der Waals surface area contributed by atoms with Crippen molar-refractivity contribution in [1.82, 2.24) is 9.47 Å². The number of carbonyl (C=O) groups excluding carboxylic acids is 2. The monoisotopic (exact) mass is 288 g/mol. The van der Waals surface area contributed by atoms with E-state index in [1.54, 1.807) is 11.1 Å². The van der Waals surface area contributed by atoms with E-state index < -0.39 is 0 Å². The molecule has 1 heterocycles. The highest BCUT2D eigenvalue weighted by atomic mass is 16.1. The molecule has 21 heavy (non-hydrogen) atoms. The van der Waals surface area contributed by atoms with Gasteiger partial charge in [0.2, 0.25) is 0 Å². The summed E-state index contributed by atoms with van der Waals surface area (Å²) in [4.78, 5) is 26.3. The molecule has 0 aromatic carbocycles. The molecule has 0 N–H and O–H groups in total. The van der Waals surface area contributed by atoms with Gasteiger partial charge in [-0.3, -0.25) is 9.59 Å². The number of rotatable bonds is 4. The summed E-state index contributed by atoms with van der Waals surface area (Å²) in [7, 11) is 3.65. The van der Waals surface area contributed by atoms with Crippen LogP contribution in [0.3, 0.4) is 0 Å². The van der Waals surface area contributed by atoms with Gasteiger partial charge >= 0.3 is 0 Å². The lowest BCUT2D eigenvalue weighted by Gasteiger charge is -2.24. The lowest BCUT2D eigenvalue weighted by molar-refractivity contribution is -0.124. The quantitative estimate of drug-likeness (QED) is 0.632. The van der Waals surface area contributed by atoms with E-state index in [-0.39, 0.29) is 17.5 Å². The highest BCUT2D eigenvalue weighted by Crippen LogP contribution is 2.32. The van der Waals surface area contributed by atoms with Crippen LogP contribution in [-0.2, 0) is 16.1 Å². The van der Waals surface area contributed by atoms with Crippen molar-refractivity contribution in [2.45, 2.75) is 39.2 Å². The van der Waals surface area contributed by atoms with Crippen molar-refractivity contribution in [3.05, 3.63) is 35.8 Å². The van der Waals surface area contributed by atoms with Crippen LogP contribution in [0.15, 0.2) is 30.1 Å². The van der Waals surface area contributed by atoms with Crippen molar-refractivity contribution in [3.63, 3.8) is 0 Å². The van der Waals surface area contributed by atoms with Crippen LogP contribution in [0.1, 0.15) is 38.3 Å². The molecule has 0 radical (unpaired) electrons. The zero-order chi connectivity index (χ0) is 15.6. The van der Waals surface area contributed by atoms with Gasteiger partial charge in [-0.1, -0.05) is 13.8 Å². The predicted molar refractivity (Wildman–Crippen MR) is 83.0 cm³/mol. The van der Waals surface area contributed by atoms with Gasteiger partial charge in [0.25, 0.3) is 0 Å².